The fraction of sp³-hybridized carbons (Fsp3) is 0.500. The molecule has 0 aliphatic heterocycles. The van der Waals surface area contributed by atoms with Gasteiger partial charge in [0.2, 0.25) is 11.2 Å². The Balaban J connectivity index is 2.60. The van der Waals surface area contributed by atoms with Crippen molar-refractivity contribution in [3.8, 4) is 0 Å². The molecule has 0 spiro atoms. The van der Waals surface area contributed by atoms with Crippen LogP contribution in [0.25, 0.3) is 11.2 Å². The maximum Gasteiger partial charge on any atom is 0.332 e. The number of amides is 1. The number of hydrogen-bond acceptors (Lipinski definition) is 4. The van der Waals surface area contributed by atoms with E-state index in [0.717, 1.165) is 11.0 Å². The molecule has 0 aliphatic carbocycles. The summed E-state index contributed by atoms with van der Waals surface area (Å²) < 4.78 is 3.49. The van der Waals surface area contributed by atoms with Gasteiger partial charge in [0.05, 0.1) is 0 Å². The minimum atomic E-state index is -0.532. The lowest BCUT2D eigenvalue weighted by Crippen LogP contribution is -2.38. The second-order valence-corrected chi connectivity index (χ2v) is 5.03. The molecule has 0 radical (unpaired) electrons. The van der Waals surface area contributed by atoms with Gasteiger partial charge in [0.15, 0.2) is 11.2 Å². The third-order valence-corrected chi connectivity index (χ3v) is 3.46. The van der Waals surface area contributed by atoms with E-state index in [0.29, 0.717) is 6.54 Å². The first-order valence-corrected chi connectivity index (χ1v) is 6.84. The number of nitrogens with zero attached hydrogens (tertiary/aromatic N) is 4. The van der Waals surface area contributed by atoms with E-state index in [2.05, 4.69) is 10.3 Å². The molecule has 1 N–H and O–H groups in total. The Labute approximate surface area is 125 Å². The van der Waals surface area contributed by atoms with E-state index < -0.39 is 11.2 Å². The largest absolute Gasteiger partial charge is 0.355 e. The van der Waals surface area contributed by atoms with Crippen LogP contribution < -0.4 is 16.6 Å². The van der Waals surface area contributed by atoms with Crippen LogP contribution in [0, 0.1) is 0 Å². The Morgan fingerprint density at radius 2 is 1.95 bits per heavy atom. The molecule has 1 amide bonds. The van der Waals surface area contributed by atoms with Gasteiger partial charge in [-0.05, 0) is 18.0 Å². The summed E-state index contributed by atoms with van der Waals surface area (Å²) in [6, 6.07) is 0. The highest BCUT2D eigenvalue weighted by Crippen LogP contribution is 2.15. The van der Waals surface area contributed by atoms with Gasteiger partial charge < -0.3 is 5.32 Å². The number of hydrogen-bond donors (Lipinski definition) is 1. The second-order valence-electron chi connectivity index (χ2n) is 4.69. The van der Waals surface area contributed by atoms with Crippen LogP contribution in [0.15, 0.2) is 9.59 Å². The molecule has 2 rings (SSSR count). The summed E-state index contributed by atoms with van der Waals surface area (Å²) >= 11 is 6.00. The van der Waals surface area contributed by atoms with E-state index in [1.807, 2.05) is 6.92 Å². The molecule has 0 atom stereocenters. The van der Waals surface area contributed by atoms with Gasteiger partial charge in [0, 0.05) is 20.6 Å². The first-order chi connectivity index (χ1) is 9.88. The van der Waals surface area contributed by atoms with Crippen LogP contribution in [-0.4, -0.2) is 31.1 Å². The molecule has 0 aliphatic rings. The van der Waals surface area contributed by atoms with Crippen molar-refractivity contribution in [1.82, 2.24) is 24.0 Å². The van der Waals surface area contributed by atoms with Crippen molar-refractivity contribution in [1.29, 1.82) is 0 Å². The molecule has 0 aromatic carbocycles. The van der Waals surface area contributed by atoms with E-state index >= 15 is 0 Å². The molecular weight excluding hydrogens is 298 g/mol. The summed E-state index contributed by atoms with van der Waals surface area (Å²) in [5.41, 5.74) is -0.729. The van der Waals surface area contributed by atoms with Crippen molar-refractivity contribution in [2.75, 3.05) is 6.54 Å². The summed E-state index contributed by atoms with van der Waals surface area (Å²) in [4.78, 5) is 39.9. The number of nitrogens with one attached hydrogen (secondary N) is 1. The number of halogens is 1. The van der Waals surface area contributed by atoms with E-state index in [1.54, 1.807) is 0 Å². The van der Waals surface area contributed by atoms with Gasteiger partial charge in [-0.15, -0.1) is 0 Å². The molecule has 0 saturated carbocycles. The normalized spacial score (nSPS) is 11.0. The molecule has 2 aromatic rings. The van der Waals surface area contributed by atoms with Gasteiger partial charge in [-0.3, -0.25) is 23.3 Å². The summed E-state index contributed by atoms with van der Waals surface area (Å²) in [6.45, 7) is 2.35. The van der Waals surface area contributed by atoms with Crippen LogP contribution in [0.5, 0.6) is 0 Å². The van der Waals surface area contributed by atoms with Crippen LogP contribution in [0.2, 0.25) is 5.28 Å². The lowest BCUT2D eigenvalue weighted by molar-refractivity contribution is -0.121. The third kappa shape index (κ3) is 2.58. The Kier molecular flexibility index (Phi) is 4.17. The second kappa shape index (κ2) is 5.72. The SMILES string of the molecule is CCCNC(=O)Cn1c(Cl)nc2c1c(=O)n(C)c(=O)n2C. The van der Waals surface area contributed by atoms with Gasteiger partial charge in [-0.25, -0.2) is 4.79 Å². The zero-order valence-electron chi connectivity index (χ0n) is 12.0. The number of carbonyl (C=O) groups excluding carboxylic acids is 1. The van der Waals surface area contributed by atoms with Gasteiger partial charge in [-0.2, -0.15) is 4.98 Å². The highest BCUT2D eigenvalue weighted by atomic mass is 35.5. The number of carbonyl (C=O) groups is 1. The summed E-state index contributed by atoms with van der Waals surface area (Å²) in [5, 5.41) is 2.69. The lowest BCUT2D eigenvalue weighted by Gasteiger charge is -2.07. The maximum absolute atomic E-state index is 12.2. The minimum absolute atomic E-state index is 0.00468. The van der Waals surface area contributed by atoms with E-state index in [-0.39, 0.29) is 28.9 Å². The Hall–Kier alpha value is -2.09. The Morgan fingerprint density at radius 1 is 1.29 bits per heavy atom. The monoisotopic (exact) mass is 313 g/mol. The maximum atomic E-state index is 12.2. The molecule has 0 saturated heterocycles. The van der Waals surface area contributed by atoms with Crippen LogP contribution in [0.3, 0.4) is 0 Å². The standard InChI is InChI=1S/C12H16ClN5O3/c1-4-5-14-7(19)6-18-8-9(15-11(18)13)16(2)12(21)17(3)10(8)20/h4-6H2,1-3H3,(H,14,19). The molecule has 2 aromatic heterocycles. The predicted molar refractivity (Wildman–Crippen MR) is 78.5 cm³/mol. The summed E-state index contributed by atoms with van der Waals surface area (Å²) in [6.07, 6.45) is 0.806. The van der Waals surface area contributed by atoms with Crippen LogP contribution in [0.4, 0.5) is 0 Å². The molecule has 9 heteroatoms. The van der Waals surface area contributed by atoms with Crippen LogP contribution in [0.1, 0.15) is 13.3 Å². The first-order valence-electron chi connectivity index (χ1n) is 6.47. The highest BCUT2D eigenvalue weighted by molar-refractivity contribution is 6.29. The molecule has 0 unspecified atom stereocenters. The smallest absolute Gasteiger partial charge is 0.332 e. The van der Waals surface area contributed by atoms with Crippen molar-refractivity contribution in [3.63, 3.8) is 0 Å². The Bertz CT molecular complexity index is 817. The van der Waals surface area contributed by atoms with Crippen LogP contribution >= 0.6 is 11.6 Å². The number of aromatic nitrogens is 4. The van der Waals surface area contributed by atoms with Gasteiger partial charge in [0.1, 0.15) is 6.54 Å². The number of imidazole rings is 1. The number of aryl methyl sites for hydroxylation is 1. The van der Waals surface area contributed by atoms with Gasteiger partial charge in [-0.1, -0.05) is 6.92 Å². The molecule has 0 fully saturated rings. The van der Waals surface area contributed by atoms with Crippen molar-refractivity contribution in [2.45, 2.75) is 19.9 Å². The minimum Gasteiger partial charge on any atom is -0.355 e. The number of fused-ring (bicyclic) bond motifs is 1. The van der Waals surface area contributed by atoms with Crippen molar-refractivity contribution in [2.24, 2.45) is 14.1 Å². The average Bonchev–Trinajstić information content (AvgIpc) is 2.78. The molecular formula is C12H16ClN5O3. The summed E-state index contributed by atoms with van der Waals surface area (Å²) in [7, 11) is 2.86. The fourth-order valence-electron chi connectivity index (χ4n) is 2.03. The quantitative estimate of drug-likeness (QED) is 0.779. The molecule has 114 valence electrons. The van der Waals surface area contributed by atoms with Gasteiger partial charge in [0.25, 0.3) is 5.56 Å². The predicted octanol–water partition coefficient (Wildman–Crippen LogP) is -0.387. The fourth-order valence-corrected chi connectivity index (χ4v) is 2.25. The summed E-state index contributed by atoms with van der Waals surface area (Å²) in [5.74, 6) is -0.269. The Morgan fingerprint density at radius 3 is 2.57 bits per heavy atom. The average molecular weight is 314 g/mol. The lowest BCUT2D eigenvalue weighted by atomic mass is 10.4. The molecule has 21 heavy (non-hydrogen) atoms. The van der Waals surface area contributed by atoms with Gasteiger partial charge >= 0.3 is 5.69 Å². The highest BCUT2D eigenvalue weighted by Gasteiger charge is 2.19. The van der Waals surface area contributed by atoms with Crippen molar-refractivity contribution < 1.29 is 4.79 Å². The zero-order valence-corrected chi connectivity index (χ0v) is 12.8. The molecule has 0 bridgehead atoms. The third-order valence-electron chi connectivity index (χ3n) is 3.18. The van der Waals surface area contributed by atoms with Crippen molar-refractivity contribution >= 4 is 28.7 Å². The topological polar surface area (TPSA) is 90.9 Å². The van der Waals surface area contributed by atoms with E-state index in [4.69, 9.17) is 11.6 Å². The molecule has 8 nitrogen and oxygen atoms in total. The van der Waals surface area contributed by atoms with Crippen molar-refractivity contribution in [3.05, 3.63) is 26.1 Å². The van der Waals surface area contributed by atoms with E-state index in [9.17, 15) is 14.4 Å². The van der Waals surface area contributed by atoms with E-state index in [1.165, 1.54) is 23.2 Å². The van der Waals surface area contributed by atoms with Crippen LogP contribution in [-0.2, 0) is 25.4 Å². The number of rotatable bonds is 4. The zero-order chi connectivity index (χ0) is 15.7. The first kappa shape index (κ1) is 15.3. The molecule has 2 heterocycles.